The van der Waals surface area contributed by atoms with Crippen LogP contribution >= 0.6 is 0 Å². The number of hydrogen-bond donors (Lipinski definition) is 0. The highest BCUT2D eigenvalue weighted by Gasteiger charge is 2.62. The second kappa shape index (κ2) is 15.8. The maximum Gasteiger partial charge on any atom is 0.0708 e. The van der Waals surface area contributed by atoms with Crippen LogP contribution in [0.15, 0.2) is 164 Å². The molecule has 0 N–H and O–H groups in total. The van der Waals surface area contributed by atoms with Gasteiger partial charge in [0.15, 0.2) is 0 Å². The maximum absolute atomic E-state index is 10.4. The average Bonchev–Trinajstić information content (AvgIpc) is 3.29. The number of rotatable bonds is 13. The molecule has 59 heavy (non-hydrogen) atoms. The van der Waals surface area contributed by atoms with Crippen molar-refractivity contribution in [1.82, 2.24) is 15.0 Å². The van der Waals surface area contributed by atoms with Crippen molar-refractivity contribution in [2.75, 3.05) is 0 Å². The fraction of sp³-hybridized carbons (Fsp3) is 0.304. The zero-order chi connectivity index (χ0) is 43.3. The van der Waals surface area contributed by atoms with Gasteiger partial charge in [-0.15, -0.1) is 0 Å². The fourth-order valence-corrected chi connectivity index (χ4v) is 11.3. The molecule has 4 aromatic carbocycles. The van der Waals surface area contributed by atoms with Gasteiger partial charge in [-0.2, -0.15) is 0 Å². The molecule has 294 valence electrons. The number of aromatic nitrogens is 3. The van der Waals surface area contributed by atoms with Gasteiger partial charge in [0.25, 0.3) is 0 Å². The number of benzene rings is 4. The first-order chi connectivity index (χ1) is 30.4. The Hall–Kier alpha value is -5.67. The maximum atomic E-state index is 10.4. The van der Waals surface area contributed by atoms with Crippen LogP contribution in [0.5, 0.6) is 0 Å². The van der Waals surface area contributed by atoms with Crippen LogP contribution < -0.4 is 0 Å². The molecule has 0 aliphatic heterocycles. The van der Waals surface area contributed by atoms with Crippen molar-refractivity contribution in [1.29, 1.82) is 0 Å². The van der Waals surface area contributed by atoms with Crippen molar-refractivity contribution in [2.45, 2.75) is 83.9 Å². The van der Waals surface area contributed by atoms with Gasteiger partial charge in [0, 0.05) is 40.8 Å². The molecule has 0 radical (unpaired) electrons. The van der Waals surface area contributed by atoms with Gasteiger partial charge in [0.2, 0.25) is 0 Å². The van der Waals surface area contributed by atoms with E-state index in [1.165, 1.54) is 11.1 Å². The van der Waals surface area contributed by atoms with E-state index in [-0.39, 0.29) is 24.2 Å². The van der Waals surface area contributed by atoms with E-state index in [2.05, 4.69) is 85.8 Å². The molecule has 4 saturated carbocycles. The van der Waals surface area contributed by atoms with E-state index in [1.807, 2.05) is 85.3 Å². The third-order valence-corrected chi connectivity index (χ3v) is 13.7. The van der Waals surface area contributed by atoms with Crippen LogP contribution in [-0.4, -0.2) is 15.0 Å². The number of aryl methyl sites for hydroxylation is 4. The van der Waals surface area contributed by atoms with Crippen LogP contribution in [0.2, 0.25) is 0 Å². The van der Waals surface area contributed by atoms with Crippen LogP contribution in [0.3, 0.4) is 0 Å². The molecule has 3 heterocycles. The van der Waals surface area contributed by atoms with Crippen LogP contribution in [0, 0.1) is 29.1 Å². The molecule has 3 aromatic heterocycles. The van der Waals surface area contributed by atoms with Gasteiger partial charge >= 0.3 is 0 Å². The number of nitrogens with zero attached hydrogens (tertiary/aromatic N) is 3. The lowest BCUT2D eigenvalue weighted by atomic mass is 9.37. The number of hydrogen-bond acceptors (Lipinski definition) is 3. The van der Waals surface area contributed by atoms with Crippen molar-refractivity contribution < 1.29 is 5.48 Å². The minimum atomic E-state index is -1.62. The van der Waals surface area contributed by atoms with Gasteiger partial charge in [0.05, 0.1) is 17.1 Å². The SMILES string of the molecule is [2H]C([2H])(Cc1ccc(-c2ccccc2)nc1)C12CC3CC(CCc4ccc(-c5ccccc5)nc4)(C1)CC(C([2H])([2H])Cc1cnc(-c4ccccc4)cc1-c1ccc(C)cc1)(C3)C2. The quantitative estimate of drug-likeness (QED) is 0.117. The molecule has 4 atom stereocenters. The lowest BCUT2D eigenvalue weighted by molar-refractivity contribution is -0.166. The molecule has 3 heteroatoms. The fourth-order valence-electron chi connectivity index (χ4n) is 11.3. The van der Waals surface area contributed by atoms with Crippen LogP contribution in [0.1, 0.15) is 85.4 Å². The normalized spacial score (nSPS) is 24.5. The second-order valence-corrected chi connectivity index (χ2v) is 18.1. The van der Waals surface area contributed by atoms with Crippen molar-refractivity contribution in [3.05, 3.63) is 186 Å². The van der Waals surface area contributed by atoms with Crippen LogP contribution in [-0.2, 0) is 19.3 Å². The first-order valence-electron chi connectivity index (χ1n) is 23.5. The average molecular weight is 774 g/mol. The molecule has 3 nitrogen and oxygen atoms in total. The lowest BCUT2D eigenvalue weighted by Gasteiger charge is -2.67. The highest BCUT2D eigenvalue weighted by Crippen LogP contribution is 2.73. The monoisotopic (exact) mass is 773 g/mol. The molecule has 4 fully saturated rings. The Balaban J connectivity index is 1.00. The molecule has 4 aliphatic rings. The predicted molar refractivity (Wildman–Crippen MR) is 243 cm³/mol. The summed E-state index contributed by atoms with van der Waals surface area (Å²) in [4.78, 5) is 14.6. The van der Waals surface area contributed by atoms with Crippen LogP contribution in [0.4, 0.5) is 0 Å². The smallest absolute Gasteiger partial charge is 0.0708 e. The Morgan fingerprint density at radius 3 is 1.54 bits per heavy atom. The Bertz CT molecular complexity index is 2690. The molecule has 0 spiro atoms. The summed E-state index contributed by atoms with van der Waals surface area (Å²) in [7, 11) is 0. The summed E-state index contributed by atoms with van der Waals surface area (Å²) in [5.74, 6) is 0.249. The zero-order valence-electron chi connectivity index (χ0n) is 38.1. The molecule has 4 unspecified atom stereocenters. The summed E-state index contributed by atoms with van der Waals surface area (Å²) in [6.07, 6.45) is 9.47. The third-order valence-electron chi connectivity index (χ3n) is 13.7. The molecule has 0 saturated heterocycles. The van der Waals surface area contributed by atoms with Crippen molar-refractivity contribution in [2.24, 2.45) is 22.2 Å². The predicted octanol–water partition coefficient (Wildman–Crippen LogP) is 14.0. The lowest BCUT2D eigenvalue weighted by Crippen LogP contribution is -2.57. The minimum Gasteiger partial charge on any atom is -0.256 e. The van der Waals surface area contributed by atoms with E-state index < -0.39 is 23.6 Å². The summed E-state index contributed by atoms with van der Waals surface area (Å²) < 4.78 is 41.0. The van der Waals surface area contributed by atoms with Crippen molar-refractivity contribution >= 4 is 0 Å². The van der Waals surface area contributed by atoms with Gasteiger partial charge in [0.1, 0.15) is 0 Å². The standard InChI is InChI=1S/C56H55N3/c1-41-17-21-45(22-18-41)50-31-53(48-15-9-4-10-16-48)59-37-49(50)27-30-56-34-44-32-54(39-56,28-25-42-19-23-51(57-35-42)46-11-5-2-6-12-46)38-55(33-44,40-56)29-26-43-20-24-52(58-36-43)47-13-7-3-8-14-47/h2-24,31,35-37,44H,25-30,32-34,38-40H2,1H3/i28D2,30D2. The Morgan fingerprint density at radius 2 is 0.983 bits per heavy atom. The third kappa shape index (κ3) is 8.05. The first-order valence-corrected chi connectivity index (χ1v) is 21.5. The molecule has 11 rings (SSSR count). The molecule has 4 bridgehead atoms. The molecule has 7 aromatic rings. The van der Waals surface area contributed by atoms with Gasteiger partial charge in [-0.3, -0.25) is 15.0 Å². The first kappa shape index (κ1) is 33.2. The van der Waals surface area contributed by atoms with E-state index in [0.717, 1.165) is 101 Å². The number of pyridine rings is 3. The zero-order valence-corrected chi connectivity index (χ0v) is 34.1. The van der Waals surface area contributed by atoms with E-state index in [4.69, 9.17) is 15.0 Å². The topological polar surface area (TPSA) is 38.7 Å². The largest absolute Gasteiger partial charge is 0.256 e. The van der Waals surface area contributed by atoms with Gasteiger partial charge in [-0.1, -0.05) is 133 Å². The minimum absolute atomic E-state index is 0.192. The van der Waals surface area contributed by atoms with E-state index in [0.29, 0.717) is 6.42 Å². The van der Waals surface area contributed by atoms with Gasteiger partial charge < -0.3 is 0 Å². The molecular formula is C56H55N3. The summed E-state index contributed by atoms with van der Waals surface area (Å²) in [6.45, 7) is 2.09. The van der Waals surface area contributed by atoms with Crippen molar-refractivity contribution in [3.63, 3.8) is 0 Å². The molecule has 4 aliphatic carbocycles. The van der Waals surface area contributed by atoms with E-state index in [9.17, 15) is 5.48 Å². The summed E-state index contributed by atoms with van der Waals surface area (Å²) in [5.41, 5.74) is 10.5. The highest BCUT2D eigenvalue weighted by atomic mass is 14.7. The molecule has 0 amide bonds. The highest BCUT2D eigenvalue weighted by molar-refractivity contribution is 5.73. The Kier molecular flexibility index (Phi) is 8.91. The summed E-state index contributed by atoms with van der Waals surface area (Å²) in [5, 5.41) is 0. The second-order valence-electron chi connectivity index (χ2n) is 18.1. The van der Waals surface area contributed by atoms with E-state index >= 15 is 0 Å². The summed E-state index contributed by atoms with van der Waals surface area (Å²) in [6, 6.07) is 49.7. The summed E-state index contributed by atoms with van der Waals surface area (Å²) >= 11 is 0. The van der Waals surface area contributed by atoms with Crippen LogP contribution in [0.25, 0.3) is 44.9 Å². The van der Waals surface area contributed by atoms with Gasteiger partial charge in [-0.25, -0.2) is 0 Å². The van der Waals surface area contributed by atoms with E-state index in [1.54, 1.807) is 0 Å². The Labute approximate surface area is 356 Å². The molecular weight excluding hydrogens is 715 g/mol. The van der Waals surface area contributed by atoms with Crippen molar-refractivity contribution in [3.8, 4) is 44.9 Å². The Morgan fingerprint density at radius 1 is 0.492 bits per heavy atom. The van der Waals surface area contributed by atoms with Gasteiger partial charge in [-0.05, 0) is 152 Å².